The molecule has 1 fully saturated rings. The summed E-state index contributed by atoms with van der Waals surface area (Å²) in [4.78, 5) is 0. The average molecular weight is 291 g/mol. The molecule has 21 heavy (non-hydrogen) atoms. The van der Waals surface area contributed by atoms with Gasteiger partial charge in [0.25, 0.3) is 0 Å². The molecule has 118 valence electrons. The first kappa shape index (κ1) is 16.3. The van der Waals surface area contributed by atoms with Gasteiger partial charge in [0.1, 0.15) is 5.75 Å². The summed E-state index contributed by atoms with van der Waals surface area (Å²) in [5, 5.41) is 0. The maximum Gasteiger partial charge on any atom is 0.119 e. The number of methoxy groups -OCH3 is 1. The zero-order chi connectivity index (χ0) is 15.1. The third-order valence-electron chi connectivity index (χ3n) is 4.65. The molecule has 3 heteroatoms. The van der Waals surface area contributed by atoms with Gasteiger partial charge < -0.3 is 15.2 Å². The number of hydrogen-bond donors (Lipinski definition) is 1. The SMILES string of the molecule is CCOC1(C(N)Cc2cccc(OC)c2)CCCCCC1. The van der Waals surface area contributed by atoms with Crippen LogP contribution in [-0.4, -0.2) is 25.4 Å². The summed E-state index contributed by atoms with van der Waals surface area (Å²) in [6.07, 6.45) is 8.09. The van der Waals surface area contributed by atoms with Crippen LogP contribution in [0.2, 0.25) is 0 Å². The van der Waals surface area contributed by atoms with E-state index in [9.17, 15) is 0 Å². The molecule has 1 aromatic carbocycles. The highest BCUT2D eigenvalue weighted by molar-refractivity contribution is 5.29. The fourth-order valence-corrected chi connectivity index (χ4v) is 3.48. The van der Waals surface area contributed by atoms with E-state index >= 15 is 0 Å². The van der Waals surface area contributed by atoms with Crippen LogP contribution in [0.15, 0.2) is 24.3 Å². The van der Waals surface area contributed by atoms with Crippen LogP contribution in [0.4, 0.5) is 0 Å². The van der Waals surface area contributed by atoms with Crippen LogP contribution in [0.5, 0.6) is 5.75 Å². The van der Waals surface area contributed by atoms with Gasteiger partial charge in [-0.3, -0.25) is 0 Å². The topological polar surface area (TPSA) is 44.5 Å². The second-order valence-corrected chi connectivity index (χ2v) is 6.07. The van der Waals surface area contributed by atoms with Gasteiger partial charge >= 0.3 is 0 Å². The molecule has 1 unspecified atom stereocenters. The van der Waals surface area contributed by atoms with Crippen molar-refractivity contribution in [1.82, 2.24) is 0 Å². The first-order valence-corrected chi connectivity index (χ1v) is 8.22. The first-order chi connectivity index (χ1) is 10.2. The summed E-state index contributed by atoms with van der Waals surface area (Å²) in [5.41, 5.74) is 7.68. The van der Waals surface area contributed by atoms with E-state index in [1.165, 1.54) is 31.2 Å². The minimum absolute atomic E-state index is 0.0441. The average Bonchev–Trinajstić information content (AvgIpc) is 2.74. The standard InChI is InChI=1S/C18H29NO2/c1-3-21-18(11-6-4-5-7-12-18)17(19)14-15-9-8-10-16(13-15)20-2/h8-10,13,17H,3-7,11-12,14,19H2,1-2H3. The summed E-state index contributed by atoms with van der Waals surface area (Å²) in [6, 6.07) is 8.25. The molecule has 1 atom stereocenters. The Morgan fingerprint density at radius 2 is 1.90 bits per heavy atom. The lowest BCUT2D eigenvalue weighted by Crippen LogP contribution is -2.51. The van der Waals surface area contributed by atoms with Gasteiger partial charge in [0.15, 0.2) is 0 Å². The largest absolute Gasteiger partial charge is 0.497 e. The quantitative estimate of drug-likeness (QED) is 0.813. The number of hydrogen-bond acceptors (Lipinski definition) is 3. The molecule has 1 aromatic rings. The molecule has 1 aliphatic rings. The lowest BCUT2D eigenvalue weighted by Gasteiger charge is -2.38. The highest BCUT2D eigenvalue weighted by Crippen LogP contribution is 2.34. The highest BCUT2D eigenvalue weighted by Gasteiger charge is 2.37. The Hall–Kier alpha value is -1.06. The minimum Gasteiger partial charge on any atom is -0.497 e. The smallest absolute Gasteiger partial charge is 0.119 e. The van der Waals surface area contributed by atoms with Crippen LogP contribution in [0.25, 0.3) is 0 Å². The highest BCUT2D eigenvalue weighted by atomic mass is 16.5. The number of ether oxygens (including phenoxy) is 2. The van der Waals surface area contributed by atoms with E-state index in [2.05, 4.69) is 19.1 Å². The maximum absolute atomic E-state index is 6.60. The molecule has 2 N–H and O–H groups in total. The van der Waals surface area contributed by atoms with Crippen molar-refractivity contribution in [3.05, 3.63) is 29.8 Å². The van der Waals surface area contributed by atoms with Crippen molar-refractivity contribution in [3.8, 4) is 5.75 Å². The van der Waals surface area contributed by atoms with Crippen molar-refractivity contribution in [2.45, 2.75) is 63.5 Å². The molecule has 2 rings (SSSR count). The first-order valence-electron chi connectivity index (χ1n) is 8.22. The van der Waals surface area contributed by atoms with Crippen LogP contribution in [-0.2, 0) is 11.2 Å². The van der Waals surface area contributed by atoms with Crippen LogP contribution >= 0.6 is 0 Å². The van der Waals surface area contributed by atoms with Crippen molar-refractivity contribution in [3.63, 3.8) is 0 Å². The molecule has 3 nitrogen and oxygen atoms in total. The maximum atomic E-state index is 6.60. The lowest BCUT2D eigenvalue weighted by molar-refractivity contribution is -0.0683. The monoisotopic (exact) mass is 291 g/mol. The third-order valence-corrected chi connectivity index (χ3v) is 4.65. The summed E-state index contributed by atoms with van der Waals surface area (Å²) in [5.74, 6) is 0.894. The second-order valence-electron chi connectivity index (χ2n) is 6.07. The van der Waals surface area contributed by atoms with Crippen molar-refractivity contribution in [2.75, 3.05) is 13.7 Å². The third kappa shape index (κ3) is 4.21. The molecule has 0 bridgehead atoms. The normalized spacial score (nSPS) is 19.8. The van der Waals surface area contributed by atoms with E-state index in [1.54, 1.807) is 7.11 Å². The molecule has 1 saturated carbocycles. The van der Waals surface area contributed by atoms with Crippen LogP contribution in [0.1, 0.15) is 51.0 Å². The van der Waals surface area contributed by atoms with Gasteiger partial charge in [-0.15, -0.1) is 0 Å². The Balaban J connectivity index is 2.11. The van der Waals surface area contributed by atoms with E-state index in [0.717, 1.165) is 31.6 Å². The molecule has 0 spiro atoms. The van der Waals surface area contributed by atoms with Gasteiger partial charge in [-0.05, 0) is 43.9 Å². The zero-order valence-electron chi connectivity index (χ0n) is 13.4. The Labute approximate surface area is 128 Å². The predicted octanol–water partition coefficient (Wildman–Crippen LogP) is 3.69. The van der Waals surface area contributed by atoms with E-state index in [1.807, 2.05) is 12.1 Å². The number of benzene rings is 1. The molecule has 0 aliphatic heterocycles. The van der Waals surface area contributed by atoms with Gasteiger partial charge in [0, 0.05) is 12.6 Å². The zero-order valence-corrected chi connectivity index (χ0v) is 13.4. The van der Waals surface area contributed by atoms with E-state index in [4.69, 9.17) is 15.2 Å². The Kier molecular flexibility index (Phi) is 6.07. The van der Waals surface area contributed by atoms with E-state index in [-0.39, 0.29) is 11.6 Å². The van der Waals surface area contributed by atoms with Crippen molar-refractivity contribution in [1.29, 1.82) is 0 Å². The summed E-state index contributed by atoms with van der Waals surface area (Å²) < 4.78 is 11.5. The molecular weight excluding hydrogens is 262 g/mol. The van der Waals surface area contributed by atoms with Gasteiger partial charge in [0.05, 0.1) is 12.7 Å². The molecule has 0 aromatic heterocycles. The summed E-state index contributed by atoms with van der Waals surface area (Å²) >= 11 is 0. The van der Waals surface area contributed by atoms with E-state index in [0.29, 0.717) is 0 Å². The Bertz CT molecular complexity index is 425. The van der Waals surface area contributed by atoms with Gasteiger partial charge in [-0.25, -0.2) is 0 Å². The van der Waals surface area contributed by atoms with Crippen molar-refractivity contribution < 1.29 is 9.47 Å². The Morgan fingerprint density at radius 3 is 2.52 bits per heavy atom. The second kappa shape index (κ2) is 7.81. The number of rotatable bonds is 6. The van der Waals surface area contributed by atoms with Gasteiger partial charge in [0.2, 0.25) is 0 Å². The van der Waals surface area contributed by atoms with Crippen LogP contribution in [0, 0.1) is 0 Å². The van der Waals surface area contributed by atoms with Gasteiger partial charge in [-0.1, -0.05) is 37.8 Å². The summed E-state index contributed by atoms with van der Waals surface area (Å²) in [7, 11) is 1.70. The van der Waals surface area contributed by atoms with Gasteiger partial charge in [-0.2, -0.15) is 0 Å². The van der Waals surface area contributed by atoms with E-state index < -0.39 is 0 Å². The fourth-order valence-electron chi connectivity index (χ4n) is 3.48. The van der Waals surface area contributed by atoms with Crippen LogP contribution < -0.4 is 10.5 Å². The van der Waals surface area contributed by atoms with Crippen molar-refractivity contribution >= 4 is 0 Å². The molecule has 1 aliphatic carbocycles. The predicted molar refractivity (Wildman–Crippen MR) is 86.7 cm³/mol. The molecule has 0 amide bonds. The molecule has 0 saturated heterocycles. The Morgan fingerprint density at radius 1 is 1.19 bits per heavy atom. The fraction of sp³-hybridized carbons (Fsp3) is 0.667. The minimum atomic E-state index is -0.145. The molecule has 0 heterocycles. The molecule has 0 radical (unpaired) electrons. The lowest BCUT2D eigenvalue weighted by atomic mass is 9.83. The van der Waals surface area contributed by atoms with Crippen molar-refractivity contribution in [2.24, 2.45) is 5.73 Å². The van der Waals surface area contributed by atoms with Crippen LogP contribution in [0.3, 0.4) is 0 Å². The molecular formula is C18H29NO2. The number of nitrogens with two attached hydrogens (primary N) is 1. The summed E-state index contributed by atoms with van der Waals surface area (Å²) in [6.45, 7) is 2.82.